The molecule has 0 aliphatic rings. The molecule has 0 radical (unpaired) electrons. The number of aliphatic carboxylic acids is 1. The van der Waals surface area contributed by atoms with Crippen LogP contribution in [-0.4, -0.2) is 30.4 Å². The molecule has 0 amide bonds. The highest BCUT2D eigenvalue weighted by atomic mass is 16.5. The summed E-state index contributed by atoms with van der Waals surface area (Å²) in [4.78, 5) is 11.1. The molecule has 0 aliphatic heterocycles. The molecule has 4 heteroatoms. The molecule has 4 nitrogen and oxygen atoms in total. The molecule has 2 aromatic carbocycles. The number of para-hydroxylation sites is 1. The Morgan fingerprint density at radius 2 is 1.76 bits per heavy atom. The van der Waals surface area contributed by atoms with Crippen molar-refractivity contribution >= 4 is 5.97 Å². The van der Waals surface area contributed by atoms with Gasteiger partial charge in [0.15, 0.2) is 6.10 Å². The number of carboxylic acid groups (broad SMARTS) is 1. The second kappa shape index (κ2) is 7.45. The van der Waals surface area contributed by atoms with Crippen LogP contribution in [0.5, 0.6) is 5.75 Å². The molecular weight excluding hydrogens is 268 g/mol. The third-order valence-corrected chi connectivity index (χ3v) is 3.01. The van der Waals surface area contributed by atoms with Crippen LogP contribution in [0.4, 0.5) is 0 Å². The lowest BCUT2D eigenvalue weighted by atomic mass is 10.1. The Balaban J connectivity index is 2.16. The Hall–Kier alpha value is -2.33. The quantitative estimate of drug-likeness (QED) is 0.849. The van der Waals surface area contributed by atoms with E-state index in [0.29, 0.717) is 12.4 Å². The Morgan fingerprint density at radius 3 is 2.43 bits per heavy atom. The normalized spacial score (nSPS) is 11.9. The summed E-state index contributed by atoms with van der Waals surface area (Å²) in [6, 6.07) is 17.4. The summed E-state index contributed by atoms with van der Waals surface area (Å²) in [5.41, 5.74) is 1.95. The Bertz CT molecular complexity index is 580. The van der Waals surface area contributed by atoms with Crippen LogP contribution >= 0.6 is 0 Å². The van der Waals surface area contributed by atoms with Crippen molar-refractivity contribution in [2.24, 2.45) is 0 Å². The molecule has 1 N–H and O–H groups in total. The van der Waals surface area contributed by atoms with Gasteiger partial charge in [0.05, 0.1) is 0 Å². The van der Waals surface area contributed by atoms with Crippen LogP contribution in [0.2, 0.25) is 0 Å². The van der Waals surface area contributed by atoms with E-state index in [-0.39, 0.29) is 6.61 Å². The topological polar surface area (TPSA) is 55.8 Å². The fourth-order valence-electron chi connectivity index (χ4n) is 2.01. The van der Waals surface area contributed by atoms with E-state index < -0.39 is 12.1 Å². The first-order valence-corrected chi connectivity index (χ1v) is 6.84. The fraction of sp³-hybridized carbons (Fsp3) is 0.235. The van der Waals surface area contributed by atoms with Crippen LogP contribution in [0.25, 0.3) is 11.1 Å². The minimum Gasteiger partial charge on any atom is -0.490 e. The molecule has 0 saturated heterocycles. The van der Waals surface area contributed by atoms with Crippen LogP contribution in [0, 0.1) is 0 Å². The number of ether oxygens (including phenoxy) is 2. The molecule has 110 valence electrons. The molecule has 2 aromatic rings. The SMILES string of the molecule is CCOC(COc1ccccc1-c1ccccc1)C(=O)O. The molecule has 0 heterocycles. The van der Waals surface area contributed by atoms with Crippen molar-refractivity contribution in [2.45, 2.75) is 13.0 Å². The summed E-state index contributed by atoms with van der Waals surface area (Å²) in [5, 5.41) is 9.06. The summed E-state index contributed by atoms with van der Waals surface area (Å²) < 4.78 is 10.8. The molecule has 0 saturated carbocycles. The molecule has 0 aliphatic carbocycles. The molecule has 0 aromatic heterocycles. The molecule has 0 bridgehead atoms. The molecule has 1 unspecified atom stereocenters. The van der Waals surface area contributed by atoms with Crippen molar-refractivity contribution in [3.8, 4) is 16.9 Å². The molecule has 2 rings (SSSR count). The maximum absolute atomic E-state index is 11.1. The second-order valence-corrected chi connectivity index (χ2v) is 4.46. The summed E-state index contributed by atoms with van der Waals surface area (Å²) in [6.07, 6.45) is -0.959. The van der Waals surface area contributed by atoms with E-state index in [1.165, 1.54) is 0 Å². The highest BCUT2D eigenvalue weighted by Crippen LogP contribution is 2.29. The van der Waals surface area contributed by atoms with Gasteiger partial charge in [-0.2, -0.15) is 0 Å². The van der Waals surface area contributed by atoms with Gasteiger partial charge in [-0.25, -0.2) is 4.79 Å². The summed E-state index contributed by atoms with van der Waals surface area (Å²) in [6.45, 7) is 2.07. The van der Waals surface area contributed by atoms with Crippen LogP contribution < -0.4 is 4.74 Å². The van der Waals surface area contributed by atoms with Crippen molar-refractivity contribution in [3.63, 3.8) is 0 Å². The summed E-state index contributed by atoms with van der Waals surface area (Å²) in [7, 11) is 0. The zero-order chi connectivity index (χ0) is 15.1. The van der Waals surface area contributed by atoms with E-state index in [1.54, 1.807) is 6.92 Å². The second-order valence-electron chi connectivity index (χ2n) is 4.46. The first kappa shape index (κ1) is 15.1. The monoisotopic (exact) mass is 286 g/mol. The van der Waals surface area contributed by atoms with E-state index in [2.05, 4.69) is 0 Å². The van der Waals surface area contributed by atoms with Gasteiger partial charge >= 0.3 is 5.97 Å². The van der Waals surface area contributed by atoms with Gasteiger partial charge in [-0.05, 0) is 18.6 Å². The van der Waals surface area contributed by atoms with Crippen LogP contribution in [0.1, 0.15) is 6.92 Å². The minimum atomic E-state index is -1.02. The van der Waals surface area contributed by atoms with Crippen LogP contribution in [-0.2, 0) is 9.53 Å². The molecular formula is C17H18O4. The van der Waals surface area contributed by atoms with Gasteiger partial charge < -0.3 is 14.6 Å². The highest BCUT2D eigenvalue weighted by molar-refractivity contribution is 5.73. The Kier molecular flexibility index (Phi) is 5.35. The number of hydrogen-bond acceptors (Lipinski definition) is 3. The molecule has 21 heavy (non-hydrogen) atoms. The van der Waals surface area contributed by atoms with Crippen molar-refractivity contribution in [1.82, 2.24) is 0 Å². The van der Waals surface area contributed by atoms with Crippen LogP contribution in [0.3, 0.4) is 0 Å². The average molecular weight is 286 g/mol. The van der Waals surface area contributed by atoms with Crippen LogP contribution in [0.15, 0.2) is 54.6 Å². The molecule has 1 atom stereocenters. The third kappa shape index (κ3) is 4.07. The lowest BCUT2D eigenvalue weighted by molar-refractivity contribution is -0.152. The smallest absolute Gasteiger partial charge is 0.336 e. The first-order valence-electron chi connectivity index (χ1n) is 6.84. The van der Waals surface area contributed by atoms with Gasteiger partial charge in [-0.15, -0.1) is 0 Å². The molecule has 0 spiro atoms. The first-order chi connectivity index (χ1) is 10.2. The predicted octanol–water partition coefficient (Wildman–Crippen LogP) is 3.22. The largest absolute Gasteiger partial charge is 0.490 e. The third-order valence-electron chi connectivity index (χ3n) is 3.01. The van der Waals surface area contributed by atoms with Gasteiger partial charge in [0, 0.05) is 12.2 Å². The van der Waals surface area contributed by atoms with Gasteiger partial charge in [0.1, 0.15) is 12.4 Å². The van der Waals surface area contributed by atoms with E-state index in [0.717, 1.165) is 11.1 Å². The van der Waals surface area contributed by atoms with E-state index in [9.17, 15) is 4.79 Å². The Labute approximate surface area is 123 Å². The zero-order valence-corrected chi connectivity index (χ0v) is 11.9. The number of carbonyl (C=O) groups is 1. The number of hydrogen-bond donors (Lipinski definition) is 1. The minimum absolute atomic E-state index is 0.0208. The van der Waals surface area contributed by atoms with Gasteiger partial charge in [0.2, 0.25) is 0 Å². The van der Waals surface area contributed by atoms with Crippen molar-refractivity contribution in [1.29, 1.82) is 0 Å². The standard InChI is InChI=1S/C17H18O4/c1-2-20-16(17(18)19)12-21-15-11-7-6-10-14(15)13-8-4-3-5-9-13/h3-11,16H,2,12H2,1H3,(H,18,19). The lowest BCUT2D eigenvalue weighted by Crippen LogP contribution is -2.30. The average Bonchev–Trinajstić information content (AvgIpc) is 2.52. The number of carboxylic acids is 1. The maximum atomic E-state index is 11.1. The van der Waals surface area contributed by atoms with Crippen molar-refractivity contribution < 1.29 is 19.4 Å². The summed E-state index contributed by atoms with van der Waals surface area (Å²) >= 11 is 0. The zero-order valence-electron chi connectivity index (χ0n) is 11.9. The van der Waals surface area contributed by atoms with Crippen molar-refractivity contribution in [3.05, 3.63) is 54.6 Å². The van der Waals surface area contributed by atoms with Gasteiger partial charge in [-0.1, -0.05) is 48.5 Å². The predicted molar refractivity (Wildman–Crippen MR) is 80.4 cm³/mol. The number of benzene rings is 2. The maximum Gasteiger partial charge on any atom is 0.336 e. The van der Waals surface area contributed by atoms with E-state index in [1.807, 2.05) is 54.6 Å². The van der Waals surface area contributed by atoms with E-state index >= 15 is 0 Å². The summed E-state index contributed by atoms with van der Waals surface area (Å²) in [5.74, 6) is -0.372. The Morgan fingerprint density at radius 1 is 1.10 bits per heavy atom. The highest BCUT2D eigenvalue weighted by Gasteiger charge is 2.19. The van der Waals surface area contributed by atoms with E-state index in [4.69, 9.17) is 14.6 Å². The fourth-order valence-corrected chi connectivity index (χ4v) is 2.01. The lowest BCUT2D eigenvalue weighted by Gasteiger charge is -2.16. The van der Waals surface area contributed by atoms with Gasteiger partial charge in [-0.3, -0.25) is 0 Å². The van der Waals surface area contributed by atoms with Gasteiger partial charge in [0.25, 0.3) is 0 Å². The molecule has 0 fully saturated rings. The van der Waals surface area contributed by atoms with Crippen molar-refractivity contribution in [2.75, 3.05) is 13.2 Å². The number of rotatable bonds is 7.